The van der Waals surface area contributed by atoms with Crippen LogP contribution in [0.2, 0.25) is 0 Å². The number of urea groups is 1. The Bertz CT molecular complexity index is 1940. The van der Waals surface area contributed by atoms with Gasteiger partial charge in [-0.3, -0.25) is 19.6 Å². The lowest BCUT2D eigenvalue weighted by Gasteiger charge is -2.22. The molecule has 0 saturated heterocycles. The second kappa shape index (κ2) is 12.3. The van der Waals surface area contributed by atoms with Crippen LogP contribution in [0.3, 0.4) is 0 Å². The highest BCUT2D eigenvalue weighted by Gasteiger charge is 2.39. The summed E-state index contributed by atoms with van der Waals surface area (Å²) in [4.78, 5) is 50.7. The van der Waals surface area contributed by atoms with Gasteiger partial charge >= 0.3 is 11.9 Å². The maximum absolute atomic E-state index is 13.5. The number of hydrogen-bond acceptors (Lipinski definition) is 6. The highest BCUT2D eigenvalue weighted by atomic mass is 16.2. The lowest BCUT2D eigenvalue weighted by atomic mass is 9.97. The number of amides is 3. The summed E-state index contributed by atoms with van der Waals surface area (Å²) in [6, 6.07) is 17.8. The molecule has 10 nitrogen and oxygen atoms in total. The number of Topliss-reactive ketones (excluding diaryl/α,β-unsaturated/α-hetero) is 1. The van der Waals surface area contributed by atoms with Crippen LogP contribution < -0.4 is 20.6 Å². The Morgan fingerprint density at radius 1 is 1.04 bits per heavy atom. The summed E-state index contributed by atoms with van der Waals surface area (Å²) in [6.45, 7) is 1.92. The Kier molecular flexibility index (Phi) is 7.72. The maximum atomic E-state index is 13.5. The summed E-state index contributed by atoms with van der Waals surface area (Å²) in [5.74, 6) is 0.0677. The van der Waals surface area contributed by atoms with Crippen LogP contribution in [0, 0.1) is 12.8 Å². The molecule has 10 heteroatoms. The van der Waals surface area contributed by atoms with Crippen LogP contribution in [0.1, 0.15) is 58.4 Å². The van der Waals surface area contributed by atoms with E-state index in [-0.39, 0.29) is 42.2 Å². The number of allylic oxidation sites excluding steroid dienone is 1. The predicted octanol–water partition coefficient (Wildman–Crippen LogP) is 4.23. The Balaban J connectivity index is 1.13. The Morgan fingerprint density at radius 3 is 2.61 bits per heavy atom. The van der Waals surface area contributed by atoms with Gasteiger partial charge in [0, 0.05) is 53.0 Å². The number of ketones is 1. The number of aryl methyl sites for hydroxylation is 1. The average Bonchev–Trinajstić information content (AvgIpc) is 3.91. The van der Waals surface area contributed by atoms with Gasteiger partial charge in [0.25, 0.3) is 12.2 Å². The van der Waals surface area contributed by atoms with Crippen LogP contribution in [0.25, 0.3) is 11.1 Å². The van der Waals surface area contributed by atoms with E-state index in [1.165, 1.54) is 24.1 Å². The zero-order chi connectivity index (χ0) is 31.6. The molecule has 0 radical (unpaired) electrons. The lowest BCUT2D eigenvalue weighted by molar-refractivity contribution is -0.119. The van der Waals surface area contributed by atoms with Crippen molar-refractivity contribution in [2.24, 2.45) is 10.9 Å². The second-order valence-electron chi connectivity index (χ2n) is 11.7. The fourth-order valence-electron chi connectivity index (χ4n) is 5.76. The van der Waals surface area contributed by atoms with E-state index < -0.39 is 12.1 Å². The quantitative estimate of drug-likeness (QED) is 0.210. The first kappa shape index (κ1) is 28.9. The number of nitrogens with zero attached hydrogens (tertiary/aromatic N) is 4. The Labute approximate surface area is 266 Å². The number of amidine groups is 1. The highest BCUT2D eigenvalue weighted by Crippen LogP contribution is 2.35. The van der Waals surface area contributed by atoms with Crippen molar-refractivity contribution in [3.8, 4) is 0 Å². The summed E-state index contributed by atoms with van der Waals surface area (Å²) in [6.07, 6.45) is 10.8. The normalized spacial score (nSPS) is 20.5. The molecule has 3 N–H and O–H groups in total. The fraction of sp³-hybridized carbons (Fsp3) is 0.222. The monoisotopic (exact) mass is 610 g/mol. The van der Waals surface area contributed by atoms with Crippen molar-refractivity contribution in [2.45, 2.75) is 44.8 Å². The van der Waals surface area contributed by atoms with Crippen LogP contribution in [-0.2, 0) is 4.79 Å². The van der Waals surface area contributed by atoms with Gasteiger partial charge < -0.3 is 10.6 Å². The number of carbonyl (C=O) groups excluding carboxylic acids is 3. The smallest absolute Gasteiger partial charge is 0.369 e. The van der Waals surface area contributed by atoms with Crippen molar-refractivity contribution >= 4 is 52.9 Å². The predicted molar refractivity (Wildman–Crippen MR) is 178 cm³/mol. The number of aliphatic imine (C=N–C) groups is 1. The number of fused-ring (bicyclic) bond motifs is 1. The van der Waals surface area contributed by atoms with Crippen molar-refractivity contribution in [3.63, 3.8) is 0 Å². The number of nitrogens with one attached hydrogen (secondary N) is 3. The molecule has 1 aliphatic carbocycles. The molecule has 3 aromatic rings. The van der Waals surface area contributed by atoms with Crippen molar-refractivity contribution in [1.29, 1.82) is 0 Å². The van der Waals surface area contributed by atoms with Gasteiger partial charge in [0.05, 0.1) is 0 Å². The molecule has 2 aromatic carbocycles. The van der Waals surface area contributed by atoms with Gasteiger partial charge in [-0.25, -0.2) is 14.8 Å². The molecule has 2 atom stereocenters. The molecule has 46 heavy (non-hydrogen) atoms. The first-order valence-electron chi connectivity index (χ1n) is 15.3. The van der Waals surface area contributed by atoms with Crippen LogP contribution in [0.4, 0.5) is 10.5 Å². The molecule has 2 unspecified atom stereocenters. The number of aromatic nitrogens is 1. The van der Waals surface area contributed by atoms with Crippen LogP contribution >= 0.6 is 0 Å². The van der Waals surface area contributed by atoms with E-state index in [1.807, 2.05) is 73.8 Å². The summed E-state index contributed by atoms with van der Waals surface area (Å²) in [5.41, 5.74) is 9.21. The zero-order valence-electron chi connectivity index (χ0n) is 25.2. The molecule has 1 fully saturated rings. The number of pyridine rings is 1. The molecule has 1 aromatic heterocycles. The van der Waals surface area contributed by atoms with E-state index in [0.717, 1.165) is 27.8 Å². The SMILES string of the molecule is Cc1cnc(C(=O)CC2=[N+]=CN(C3CC=C=C(c4ccccc4)c4ccccc4NC3=O)C(=O)N2)c(C2=CNC(C3CC3)N=C2)c1. The molecule has 4 aliphatic rings. The number of para-hydroxylation sites is 1. The van der Waals surface area contributed by atoms with E-state index in [4.69, 9.17) is 0 Å². The Hall–Kier alpha value is -5.82. The molecule has 3 aliphatic heterocycles. The van der Waals surface area contributed by atoms with Gasteiger partial charge in [-0.1, -0.05) is 48.5 Å². The molecular weight excluding hydrogens is 578 g/mol. The molecule has 228 valence electrons. The molecule has 0 spiro atoms. The van der Waals surface area contributed by atoms with Gasteiger partial charge in [-0.2, -0.15) is 4.90 Å². The van der Waals surface area contributed by atoms with Crippen LogP contribution in [0.5, 0.6) is 0 Å². The summed E-state index contributed by atoms with van der Waals surface area (Å²) in [5, 5.41) is 9.05. The lowest BCUT2D eigenvalue weighted by Crippen LogP contribution is -2.55. The van der Waals surface area contributed by atoms with Crippen LogP contribution in [0.15, 0.2) is 89.9 Å². The average molecular weight is 611 g/mol. The van der Waals surface area contributed by atoms with Crippen molar-refractivity contribution < 1.29 is 14.4 Å². The van der Waals surface area contributed by atoms with Gasteiger partial charge in [0.15, 0.2) is 11.8 Å². The van der Waals surface area contributed by atoms with Crippen molar-refractivity contribution in [1.82, 2.24) is 25.2 Å². The second-order valence-corrected chi connectivity index (χ2v) is 11.7. The van der Waals surface area contributed by atoms with Gasteiger partial charge in [-0.05, 0) is 55.0 Å². The first-order valence-corrected chi connectivity index (χ1v) is 15.3. The molecule has 3 amide bonds. The number of benzene rings is 2. The number of hydrogen-bond donors (Lipinski definition) is 3. The number of rotatable bonds is 7. The van der Waals surface area contributed by atoms with Gasteiger partial charge in [0.1, 0.15) is 18.3 Å². The molecule has 7 rings (SSSR count). The standard InChI is InChI=1S/C36H31N7O3/c1-22-16-28(25-19-38-34(39-20-25)24-14-15-24)33(37-18-22)31(44)17-32-40-21-43(36(46)42-32)30-13-7-11-26(23-8-3-2-4-9-23)27-10-5-6-12-29(27)41-35(30)45/h2-10,12,16,18-21,24,30,34H,13-15,17H2,1H3,(H2,38,39,41,44,45)/p+1. The largest absolute Gasteiger partial charge is 0.445 e. The third-order valence-electron chi connectivity index (χ3n) is 8.35. The third kappa shape index (κ3) is 5.95. The zero-order valence-corrected chi connectivity index (χ0v) is 25.2. The summed E-state index contributed by atoms with van der Waals surface area (Å²) < 4.78 is 4.38. The fourth-order valence-corrected chi connectivity index (χ4v) is 5.76. The molecular formula is C36H32N7O3+. The summed E-state index contributed by atoms with van der Waals surface area (Å²) >= 11 is 0. The minimum absolute atomic E-state index is 0.0717. The van der Waals surface area contributed by atoms with Gasteiger partial charge in [0.2, 0.25) is 0 Å². The maximum Gasteiger partial charge on any atom is 0.445 e. The van der Waals surface area contributed by atoms with E-state index in [1.54, 1.807) is 18.5 Å². The van der Waals surface area contributed by atoms with Crippen molar-refractivity contribution in [3.05, 3.63) is 113 Å². The minimum atomic E-state index is -0.897. The van der Waals surface area contributed by atoms with E-state index in [0.29, 0.717) is 17.2 Å². The Morgan fingerprint density at radius 2 is 1.85 bits per heavy atom. The van der Waals surface area contributed by atoms with Crippen LogP contribution in [-0.4, -0.2) is 58.2 Å². The van der Waals surface area contributed by atoms with E-state index in [9.17, 15) is 14.4 Å². The molecule has 4 heterocycles. The summed E-state index contributed by atoms with van der Waals surface area (Å²) in [7, 11) is 0. The molecule has 1 saturated carbocycles. The number of anilines is 1. The van der Waals surface area contributed by atoms with Crippen molar-refractivity contribution in [2.75, 3.05) is 5.32 Å². The first-order chi connectivity index (χ1) is 22.4. The molecule has 0 bridgehead atoms. The van der Waals surface area contributed by atoms with Gasteiger partial charge in [-0.15, -0.1) is 5.73 Å². The number of carbonyl (C=O) groups is 3. The minimum Gasteiger partial charge on any atom is -0.369 e. The topological polar surface area (TPSA) is 130 Å². The third-order valence-corrected chi connectivity index (χ3v) is 8.35. The van der Waals surface area contributed by atoms with E-state index in [2.05, 4.69) is 36.3 Å². The highest BCUT2D eigenvalue weighted by molar-refractivity contribution is 6.19. The van der Waals surface area contributed by atoms with E-state index >= 15 is 0 Å².